The maximum absolute atomic E-state index is 5.98. The number of halogens is 1. The molecule has 0 unspecified atom stereocenters. The highest BCUT2D eigenvalue weighted by Gasteiger charge is 2.04. The summed E-state index contributed by atoms with van der Waals surface area (Å²) in [4.78, 5) is 4.43. The maximum atomic E-state index is 5.98. The molecule has 0 amide bonds. The normalized spacial score (nSPS) is 10.4. The smallest absolute Gasteiger partial charge is 0.244 e. The average molecular weight is 340 g/mol. The molecule has 0 radical (unpaired) electrons. The van der Waals surface area contributed by atoms with Crippen molar-refractivity contribution in [3.63, 3.8) is 0 Å². The standard InChI is InChI=1S/C18H18ClN5/c1-13-11-15(19)7-8-16(13)22-17-12-21-24-18(23-17)20-10-9-14-5-3-2-4-6-14/h2-8,11-12H,9-10H2,1H3,(H2,20,22,23,24). The van der Waals surface area contributed by atoms with E-state index in [1.54, 1.807) is 6.20 Å². The van der Waals surface area contributed by atoms with Crippen LogP contribution in [0.15, 0.2) is 54.7 Å². The van der Waals surface area contributed by atoms with Crippen molar-refractivity contribution in [1.82, 2.24) is 15.2 Å². The summed E-state index contributed by atoms with van der Waals surface area (Å²) in [5.74, 6) is 1.14. The third-order valence-corrected chi connectivity index (χ3v) is 3.78. The van der Waals surface area contributed by atoms with E-state index < -0.39 is 0 Å². The second-order valence-corrected chi connectivity index (χ2v) is 5.85. The number of hydrogen-bond donors (Lipinski definition) is 2. The van der Waals surface area contributed by atoms with Gasteiger partial charge in [0.05, 0.1) is 6.20 Å². The van der Waals surface area contributed by atoms with E-state index in [9.17, 15) is 0 Å². The SMILES string of the molecule is Cc1cc(Cl)ccc1Nc1cnnc(NCCc2ccccc2)n1. The Morgan fingerprint density at radius 3 is 2.71 bits per heavy atom. The lowest BCUT2D eigenvalue weighted by Gasteiger charge is -2.10. The first-order chi connectivity index (χ1) is 11.7. The topological polar surface area (TPSA) is 62.7 Å². The van der Waals surface area contributed by atoms with Crippen LogP contribution >= 0.6 is 11.6 Å². The van der Waals surface area contributed by atoms with E-state index in [4.69, 9.17) is 11.6 Å². The van der Waals surface area contributed by atoms with Gasteiger partial charge in [0.15, 0.2) is 5.82 Å². The summed E-state index contributed by atoms with van der Waals surface area (Å²) in [6, 6.07) is 15.9. The lowest BCUT2D eigenvalue weighted by atomic mass is 10.1. The lowest BCUT2D eigenvalue weighted by Crippen LogP contribution is -2.09. The van der Waals surface area contributed by atoms with E-state index in [0.717, 1.165) is 24.2 Å². The number of aryl methyl sites for hydroxylation is 1. The van der Waals surface area contributed by atoms with Crippen LogP contribution in [0.5, 0.6) is 0 Å². The Labute approximate surface area is 146 Å². The molecule has 0 saturated heterocycles. The molecule has 2 aromatic carbocycles. The Kier molecular flexibility index (Phi) is 5.23. The number of anilines is 3. The average Bonchev–Trinajstić information content (AvgIpc) is 2.59. The van der Waals surface area contributed by atoms with E-state index in [0.29, 0.717) is 16.8 Å². The molecule has 0 fully saturated rings. The Hall–Kier alpha value is -2.66. The van der Waals surface area contributed by atoms with Gasteiger partial charge in [-0.1, -0.05) is 41.9 Å². The summed E-state index contributed by atoms with van der Waals surface area (Å²) >= 11 is 5.98. The largest absolute Gasteiger partial charge is 0.353 e. The third kappa shape index (κ3) is 4.43. The summed E-state index contributed by atoms with van der Waals surface area (Å²) in [5, 5.41) is 15.1. The lowest BCUT2D eigenvalue weighted by molar-refractivity contribution is 0.929. The Bertz CT molecular complexity index is 808. The van der Waals surface area contributed by atoms with Crippen molar-refractivity contribution in [2.24, 2.45) is 0 Å². The number of aromatic nitrogens is 3. The molecule has 1 aromatic heterocycles. The van der Waals surface area contributed by atoms with Gasteiger partial charge in [0.25, 0.3) is 0 Å². The molecule has 3 rings (SSSR count). The van der Waals surface area contributed by atoms with Crippen molar-refractivity contribution in [3.8, 4) is 0 Å². The molecule has 2 N–H and O–H groups in total. The van der Waals surface area contributed by atoms with Gasteiger partial charge in [-0.3, -0.25) is 0 Å². The number of nitrogens with one attached hydrogen (secondary N) is 2. The van der Waals surface area contributed by atoms with Crippen molar-refractivity contribution in [2.45, 2.75) is 13.3 Å². The first kappa shape index (κ1) is 16.2. The van der Waals surface area contributed by atoms with Crippen LogP contribution in [0.2, 0.25) is 5.02 Å². The minimum Gasteiger partial charge on any atom is -0.353 e. The summed E-state index contributed by atoms with van der Waals surface area (Å²) in [6.07, 6.45) is 2.49. The van der Waals surface area contributed by atoms with Crippen LogP contribution in [0.25, 0.3) is 0 Å². The van der Waals surface area contributed by atoms with E-state index >= 15 is 0 Å². The predicted octanol–water partition coefficient (Wildman–Crippen LogP) is 4.23. The van der Waals surface area contributed by atoms with E-state index in [-0.39, 0.29) is 0 Å². The molecule has 122 valence electrons. The fourth-order valence-corrected chi connectivity index (χ4v) is 2.53. The molecule has 0 spiro atoms. The summed E-state index contributed by atoms with van der Waals surface area (Å²) in [6.45, 7) is 2.73. The highest BCUT2D eigenvalue weighted by atomic mass is 35.5. The maximum Gasteiger partial charge on any atom is 0.244 e. The van der Waals surface area contributed by atoms with Crippen LogP contribution in [0.3, 0.4) is 0 Å². The fourth-order valence-electron chi connectivity index (χ4n) is 2.31. The summed E-state index contributed by atoms with van der Waals surface area (Å²) < 4.78 is 0. The molecule has 0 bridgehead atoms. The molecule has 0 aliphatic rings. The quantitative estimate of drug-likeness (QED) is 0.703. The van der Waals surface area contributed by atoms with Gasteiger partial charge < -0.3 is 10.6 Å². The van der Waals surface area contributed by atoms with E-state index in [1.165, 1.54) is 5.56 Å². The van der Waals surface area contributed by atoms with Crippen LogP contribution in [-0.4, -0.2) is 21.7 Å². The molecule has 0 aliphatic carbocycles. The third-order valence-electron chi connectivity index (χ3n) is 3.55. The zero-order chi connectivity index (χ0) is 16.8. The van der Waals surface area contributed by atoms with Gasteiger partial charge in [0.2, 0.25) is 5.95 Å². The van der Waals surface area contributed by atoms with Crippen molar-refractivity contribution in [1.29, 1.82) is 0 Å². The van der Waals surface area contributed by atoms with Gasteiger partial charge in [-0.05, 0) is 42.7 Å². The number of hydrogen-bond acceptors (Lipinski definition) is 5. The molecule has 1 heterocycles. The molecular weight excluding hydrogens is 322 g/mol. The van der Waals surface area contributed by atoms with Gasteiger partial charge in [0.1, 0.15) is 0 Å². The van der Waals surface area contributed by atoms with Crippen LogP contribution < -0.4 is 10.6 Å². The molecule has 0 saturated carbocycles. The minimum absolute atomic E-state index is 0.502. The first-order valence-corrected chi connectivity index (χ1v) is 8.09. The number of rotatable bonds is 6. The van der Waals surface area contributed by atoms with Gasteiger partial charge in [-0.25, -0.2) is 0 Å². The highest BCUT2D eigenvalue weighted by molar-refractivity contribution is 6.30. The van der Waals surface area contributed by atoms with Crippen molar-refractivity contribution in [2.75, 3.05) is 17.2 Å². The van der Waals surface area contributed by atoms with Gasteiger partial charge >= 0.3 is 0 Å². The first-order valence-electron chi connectivity index (χ1n) is 7.71. The van der Waals surface area contributed by atoms with Crippen molar-refractivity contribution < 1.29 is 0 Å². The Morgan fingerprint density at radius 2 is 1.92 bits per heavy atom. The fraction of sp³-hybridized carbons (Fsp3) is 0.167. The zero-order valence-electron chi connectivity index (χ0n) is 13.3. The van der Waals surface area contributed by atoms with Crippen LogP contribution in [0.1, 0.15) is 11.1 Å². The Balaban J connectivity index is 1.61. The van der Waals surface area contributed by atoms with Crippen LogP contribution in [0.4, 0.5) is 17.5 Å². The van der Waals surface area contributed by atoms with Crippen LogP contribution in [-0.2, 0) is 6.42 Å². The number of benzene rings is 2. The molecule has 6 heteroatoms. The van der Waals surface area contributed by atoms with E-state index in [2.05, 4.69) is 37.9 Å². The summed E-state index contributed by atoms with van der Waals surface area (Å²) in [7, 11) is 0. The molecule has 0 aliphatic heterocycles. The minimum atomic E-state index is 0.502. The zero-order valence-corrected chi connectivity index (χ0v) is 14.1. The van der Waals surface area contributed by atoms with E-state index in [1.807, 2.05) is 43.3 Å². The molecule has 3 aromatic rings. The molecular formula is C18H18ClN5. The second-order valence-electron chi connectivity index (χ2n) is 5.41. The molecule has 0 atom stereocenters. The Morgan fingerprint density at radius 1 is 1.08 bits per heavy atom. The van der Waals surface area contributed by atoms with Gasteiger partial charge in [-0.2, -0.15) is 10.1 Å². The second kappa shape index (κ2) is 7.75. The monoisotopic (exact) mass is 339 g/mol. The van der Waals surface area contributed by atoms with Crippen molar-refractivity contribution in [3.05, 3.63) is 70.9 Å². The van der Waals surface area contributed by atoms with Crippen LogP contribution in [0, 0.1) is 6.92 Å². The predicted molar refractivity (Wildman–Crippen MR) is 97.9 cm³/mol. The van der Waals surface area contributed by atoms with Crippen molar-refractivity contribution >= 4 is 29.1 Å². The van der Waals surface area contributed by atoms with Gasteiger partial charge in [0, 0.05) is 17.3 Å². The molecule has 24 heavy (non-hydrogen) atoms. The molecule has 5 nitrogen and oxygen atoms in total. The number of nitrogens with zero attached hydrogens (tertiary/aromatic N) is 3. The summed E-state index contributed by atoms with van der Waals surface area (Å²) in [5.41, 5.74) is 3.25. The highest BCUT2D eigenvalue weighted by Crippen LogP contribution is 2.22. The van der Waals surface area contributed by atoms with Gasteiger partial charge in [-0.15, -0.1) is 5.10 Å².